The highest BCUT2D eigenvalue weighted by Crippen LogP contribution is 2.20. The van der Waals surface area contributed by atoms with Gasteiger partial charge < -0.3 is 9.47 Å². The van der Waals surface area contributed by atoms with E-state index in [0.717, 1.165) is 0 Å². The molecule has 2 rings (SSSR count). The molecule has 28 heavy (non-hydrogen) atoms. The second-order valence-electron chi connectivity index (χ2n) is 5.29. The van der Waals surface area contributed by atoms with E-state index < -0.39 is 11.9 Å². The number of hydrogen-bond donors (Lipinski definition) is 0. The molecule has 0 N–H and O–H groups in total. The quantitative estimate of drug-likeness (QED) is 0.348. The third-order valence-corrected chi connectivity index (χ3v) is 5.72. The normalized spacial score (nSPS) is 9.79. The molecular weight excluding hydrogens is 396 g/mol. The number of rotatable bonds is 9. The Morgan fingerprint density at radius 2 is 1.07 bits per heavy atom. The number of esters is 2. The number of nitrogens with zero attached hydrogens (tertiary/aromatic N) is 2. The van der Waals surface area contributed by atoms with E-state index in [0.29, 0.717) is 33.8 Å². The summed E-state index contributed by atoms with van der Waals surface area (Å²) in [5.74, 6) is 0.366. The first kappa shape index (κ1) is 21.4. The van der Waals surface area contributed by atoms with Crippen molar-refractivity contribution < 1.29 is 19.1 Å². The largest absolute Gasteiger partial charge is 0.461 e. The van der Waals surface area contributed by atoms with Crippen LogP contribution in [0.5, 0.6) is 0 Å². The molecule has 0 radical (unpaired) electrons. The molecule has 0 amide bonds. The Kier molecular flexibility index (Phi) is 8.93. The van der Waals surface area contributed by atoms with E-state index in [1.54, 1.807) is 48.5 Å². The summed E-state index contributed by atoms with van der Waals surface area (Å²) in [4.78, 5) is 23.7. The zero-order valence-corrected chi connectivity index (χ0v) is 16.4. The van der Waals surface area contributed by atoms with Crippen LogP contribution in [0.3, 0.4) is 0 Å². The Balaban J connectivity index is 1.54. The second-order valence-corrected chi connectivity index (χ2v) is 8.00. The number of ether oxygens (including phenoxy) is 2. The standard InChI is InChI=1S/C20H16N2O4S2/c21-13-15-1-5-17(6-2-15)19(23)25-9-11-27-28-12-10-26-20(24)18-7-3-16(14-22)4-8-18/h1-8H,9-12H2. The fourth-order valence-corrected chi connectivity index (χ4v) is 3.64. The molecule has 8 heteroatoms. The van der Waals surface area contributed by atoms with Gasteiger partial charge in [-0.1, -0.05) is 21.6 Å². The smallest absolute Gasteiger partial charge is 0.338 e. The van der Waals surface area contributed by atoms with Crippen molar-refractivity contribution in [1.29, 1.82) is 10.5 Å². The molecule has 142 valence electrons. The Labute approximate surface area is 170 Å². The van der Waals surface area contributed by atoms with Gasteiger partial charge in [0.25, 0.3) is 0 Å². The highest BCUT2D eigenvalue weighted by atomic mass is 33.1. The van der Waals surface area contributed by atoms with Crippen LogP contribution in [0.4, 0.5) is 0 Å². The van der Waals surface area contributed by atoms with Gasteiger partial charge >= 0.3 is 11.9 Å². The van der Waals surface area contributed by atoms with Gasteiger partial charge in [-0.25, -0.2) is 9.59 Å². The Bertz CT molecular complexity index is 809. The highest BCUT2D eigenvalue weighted by Gasteiger charge is 2.08. The van der Waals surface area contributed by atoms with Gasteiger partial charge in [0.05, 0.1) is 34.4 Å². The van der Waals surface area contributed by atoms with E-state index in [-0.39, 0.29) is 13.2 Å². The van der Waals surface area contributed by atoms with Crippen molar-refractivity contribution in [3.05, 3.63) is 70.8 Å². The van der Waals surface area contributed by atoms with Crippen molar-refractivity contribution in [2.45, 2.75) is 0 Å². The van der Waals surface area contributed by atoms with Crippen molar-refractivity contribution in [1.82, 2.24) is 0 Å². The molecule has 0 bridgehead atoms. The summed E-state index contributed by atoms with van der Waals surface area (Å²) in [6.07, 6.45) is 0. The monoisotopic (exact) mass is 412 g/mol. The predicted molar refractivity (Wildman–Crippen MR) is 108 cm³/mol. The predicted octanol–water partition coefficient (Wildman–Crippen LogP) is 3.83. The lowest BCUT2D eigenvalue weighted by atomic mass is 10.1. The summed E-state index contributed by atoms with van der Waals surface area (Å²) < 4.78 is 10.3. The average molecular weight is 412 g/mol. The first-order valence-corrected chi connectivity index (χ1v) is 10.7. The molecule has 2 aromatic carbocycles. The van der Waals surface area contributed by atoms with Crippen molar-refractivity contribution in [2.24, 2.45) is 0 Å². The Morgan fingerprint density at radius 1 is 0.714 bits per heavy atom. The summed E-state index contributed by atoms with van der Waals surface area (Å²) in [5.41, 5.74) is 1.80. The van der Waals surface area contributed by atoms with Crippen LogP contribution in [0.1, 0.15) is 31.8 Å². The number of nitriles is 2. The summed E-state index contributed by atoms with van der Waals surface area (Å²) in [6.45, 7) is 0.531. The highest BCUT2D eigenvalue weighted by molar-refractivity contribution is 8.76. The molecule has 0 spiro atoms. The molecular formula is C20H16N2O4S2. The van der Waals surface area contributed by atoms with Crippen LogP contribution in [0.15, 0.2) is 48.5 Å². The van der Waals surface area contributed by atoms with E-state index in [1.807, 2.05) is 12.1 Å². The first-order chi connectivity index (χ1) is 13.6. The average Bonchev–Trinajstić information content (AvgIpc) is 2.75. The molecule has 6 nitrogen and oxygen atoms in total. The minimum atomic E-state index is -0.425. The Morgan fingerprint density at radius 3 is 1.39 bits per heavy atom. The van der Waals surface area contributed by atoms with Crippen molar-refractivity contribution >= 4 is 33.5 Å². The number of benzene rings is 2. The lowest BCUT2D eigenvalue weighted by molar-refractivity contribution is 0.0520. The molecule has 0 atom stereocenters. The van der Waals surface area contributed by atoms with Crippen LogP contribution in [0.2, 0.25) is 0 Å². The molecule has 0 aliphatic carbocycles. The van der Waals surface area contributed by atoms with Gasteiger partial charge in [-0.05, 0) is 48.5 Å². The molecule has 0 aliphatic heterocycles. The summed E-state index contributed by atoms with van der Waals surface area (Å²) in [6, 6.07) is 16.5. The number of carbonyl (C=O) groups excluding carboxylic acids is 2. The van der Waals surface area contributed by atoms with Crippen LogP contribution in [-0.4, -0.2) is 36.7 Å². The lowest BCUT2D eigenvalue weighted by Crippen LogP contribution is -2.08. The van der Waals surface area contributed by atoms with Gasteiger partial charge in [0, 0.05) is 11.5 Å². The number of carbonyl (C=O) groups is 2. The SMILES string of the molecule is N#Cc1ccc(C(=O)OCCSSCCOC(=O)c2ccc(C#N)cc2)cc1. The number of hydrogen-bond acceptors (Lipinski definition) is 8. The van der Waals surface area contributed by atoms with E-state index in [2.05, 4.69) is 0 Å². The van der Waals surface area contributed by atoms with Crippen molar-refractivity contribution in [2.75, 3.05) is 24.7 Å². The van der Waals surface area contributed by atoms with E-state index in [1.165, 1.54) is 21.6 Å². The molecule has 0 unspecified atom stereocenters. The summed E-state index contributed by atoms with van der Waals surface area (Å²) >= 11 is 0. The van der Waals surface area contributed by atoms with Crippen molar-refractivity contribution in [3.8, 4) is 12.1 Å². The zero-order valence-electron chi connectivity index (χ0n) is 14.8. The van der Waals surface area contributed by atoms with E-state index >= 15 is 0 Å². The van der Waals surface area contributed by atoms with Crippen molar-refractivity contribution in [3.63, 3.8) is 0 Å². The van der Waals surface area contributed by atoms with E-state index in [9.17, 15) is 9.59 Å². The van der Waals surface area contributed by atoms with Crippen LogP contribution in [0.25, 0.3) is 0 Å². The van der Waals surface area contributed by atoms with Crippen LogP contribution in [-0.2, 0) is 9.47 Å². The molecule has 2 aromatic rings. The molecule has 0 fully saturated rings. The minimum Gasteiger partial charge on any atom is -0.461 e. The van der Waals surface area contributed by atoms with Gasteiger partial charge in [0.2, 0.25) is 0 Å². The van der Waals surface area contributed by atoms with Crippen LogP contribution >= 0.6 is 21.6 Å². The van der Waals surface area contributed by atoms with Gasteiger partial charge in [-0.15, -0.1) is 0 Å². The van der Waals surface area contributed by atoms with Gasteiger partial charge in [-0.3, -0.25) is 0 Å². The fourth-order valence-electron chi connectivity index (χ4n) is 1.98. The lowest BCUT2D eigenvalue weighted by Gasteiger charge is -2.06. The molecule has 0 aromatic heterocycles. The third-order valence-electron chi connectivity index (χ3n) is 3.38. The fraction of sp³-hybridized carbons (Fsp3) is 0.200. The Hall–Kier alpha value is -2.94. The summed E-state index contributed by atoms with van der Waals surface area (Å²) in [5, 5.41) is 17.5. The van der Waals surface area contributed by atoms with Crippen LogP contribution < -0.4 is 0 Å². The maximum Gasteiger partial charge on any atom is 0.338 e. The molecule has 0 heterocycles. The van der Waals surface area contributed by atoms with Gasteiger partial charge in [0.15, 0.2) is 0 Å². The maximum absolute atomic E-state index is 11.8. The molecule has 0 aliphatic rings. The molecule has 0 saturated carbocycles. The summed E-state index contributed by atoms with van der Waals surface area (Å²) in [7, 11) is 3.04. The van der Waals surface area contributed by atoms with E-state index in [4.69, 9.17) is 20.0 Å². The molecule has 0 saturated heterocycles. The zero-order chi connectivity index (χ0) is 20.2. The van der Waals surface area contributed by atoms with Crippen LogP contribution in [0, 0.1) is 22.7 Å². The third kappa shape index (κ3) is 6.99. The van der Waals surface area contributed by atoms with Gasteiger partial charge in [-0.2, -0.15) is 10.5 Å². The second kappa shape index (κ2) is 11.7. The topological polar surface area (TPSA) is 100 Å². The van der Waals surface area contributed by atoms with Gasteiger partial charge in [0.1, 0.15) is 13.2 Å². The first-order valence-electron chi connectivity index (χ1n) is 8.23. The maximum atomic E-state index is 11.8. The minimum absolute atomic E-state index is 0.265.